The SMILES string of the molecule is COc1ccnc(NC2CCN(c3cccc(F)c3C#N)C2)n1. The summed E-state index contributed by atoms with van der Waals surface area (Å²) in [5.74, 6) is 0.503. The van der Waals surface area contributed by atoms with E-state index in [9.17, 15) is 4.39 Å². The maximum atomic E-state index is 13.7. The zero-order valence-electron chi connectivity index (χ0n) is 12.7. The Kier molecular flexibility index (Phi) is 4.24. The highest BCUT2D eigenvalue weighted by Crippen LogP contribution is 2.27. The summed E-state index contributed by atoms with van der Waals surface area (Å²) >= 11 is 0. The first-order valence-electron chi connectivity index (χ1n) is 7.28. The minimum Gasteiger partial charge on any atom is -0.481 e. The summed E-state index contributed by atoms with van der Waals surface area (Å²) in [7, 11) is 1.55. The van der Waals surface area contributed by atoms with Crippen molar-refractivity contribution in [3.63, 3.8) is 0 Å². The van der Waals surface area contributed by atoms with Crippen molar-refractivity contribution in [2.75, 3.05) is 30.4 Å². The number of rotatable bonds is 4. The van der Waals surface area contributed by atoms with Crippen LogP contribution in [0, 0.1) is 17.1 Å². The Morgan fingerprint density at radius 2 is 2.30 bits per heavy atom. The normalized spacial score (nSPS) is 16.9. The lowest BCUT2D eigenvalue weighted by Crippen LogP contribution is -2.27. The van der Waals surface area contributed by atoms with Gasteiger partial charge in [0.25, 0.3) is 0 Å². The molecule has 1 saturated heterocycles. The Morgan fingerprint density at radius 1 is 1.43 bits per heavy atom. The molecule has 1 aliphatic heterocycles. The second-order valence-electron chi connectivity index (χ2n) is 5.24. The maximum absolute atomic E-state index is 13.7. The molecule has 7 heteroatoms. The molecule has 1 atom stereocenters. The van der Waals surface area contributed by atoms with Gasteiger partial charge in [-0.2, -0.15) is 10.2 Å². The molecule has 1 N–H and O–H groups in total. The van der Waals surface area contributed by atoms with Gasteiger partial charge < -0.3 is 15.0 Å². The second kappa shape index (κ2) is 6.48. The minimum atomic E-state index is -0.488. The molecule has 1 unspecified atom stereocenters. The number of nitrogens with one attached hydrogen (secondary N) is 1. The Morgan fingerprint density at radius 3 is 3.09 bits per heavy atom. The third-order valence-corrected chi connectivity index (χ3v) is 3.80. The van der Waals surface area contributed by atoms with E-state index in [2.05, 4.69) is 15.3 Å². The van der Waals surface area contributed by atoms with Gasteiger partial charge in [-0.1, -0.05) is 6.07 Å². The van der Waals surface area contributed by atoms with Crippen molar-refractivity contribution in [2.24, 2.45) is 0 Å². The Balaban J connectivity index is 1.72. The van der Waals surface area contributed by atoms with Crippen LogP contribution in [0.5, 0.6) is 5.88 Å². The van der Waals surface area contributed by atoms with E-state index in [-0.39, 0.29) is 11.6 Å². The Labute approximate surface area is 133 Å². The fourth-order valence-corrected chi connectivity index (χ4v) is 2.69. The number of aromatic nitrogens is 2. The molecule has 1 aliphatic rings. The average molecular weight is 313 g/mol. The standard InChI is InChI=1S/C16H16FN5O/c1-23-15-5-7-19-16(21-15)20-11-6-8-22(10-11)14-4-2-3-13(17)12(14)9-18/h2-5,7,11H,6,8,10H2,1H3,(H,19,20,21). The zero-order chi connectivity index (χ0) is 16.2. The summed E-state index contributed by atoms with van der Waals surface area (Å²) in [6, 6.07) is 8.44. The van der Waals surface area contributed by atoms with E-state index in [0.717, 1.165) is 13.0 Å². The molecule has 23 heavy (non-hydrogen) atoms. The highest BCUT2D eigenvalue weighted by atomic mass is 19.1. The van der Waals surface area contributed by atoms with Gasteiger partial charge in [-0.3, -0.25) is 0 Å². The molecule has 2 aromatic rings. The predicted molar refractivity (Wildman–Crippen MR) is 83.9 cm³/mol. The van der Waals surface area contributed by atoms with Crippen molar-refractivity contribution < 1.29 is 9.13 Å². The first kappa shape index (κ1) is 15.0. The van der Waals surface area contributed by atoms with Crippen molar-refractivity contribution >= 4 is 11.6 Å². The lowest BCUT2D eigenvalue weighted by molar-refractivity contribution is 0.397. The van der Waals surface area contributed by atoms with Gasteiger partial charge in [-0.15, -0.1) is 0 Å². The molecular formula is C16H16FN5O. The Bertz CT molecular complexity index is 745. The van der Waals surface area contributed by atoms with Gasteiger partial charge >= 0.3 is 0 Å². The first-order valence-corrected chi connectivity index (χ1v) is 7.28. The number of methoxy groups -OCH3 is 1. The van der Waals surface area contributed by atoms with E-state index in [1.807, 2.05) is 11.0 Å². The third-order valence-electron chi connectivity index (χ3n) is 3.80. The largest absolute Gasteiger partial charge is 0.481 e. The van der Waals surface area contributed by atoms with Crippen LogP contribution in [0.15, 0.2) is 30.5 Å². The van der Waals surface area contributed by atoms with E-state index in [1.165, 1.54) is 6.07 Å². The molecule has 0 bridgehead atoms. The van der Waals surface area contributed by atoms with E-state index < -0.39 is 5.82 Å². The highest BCUT2D eigenvalue weighted by molar-refractivity contribution is 5.60. The van der Waals surface area contributed by atoms with Crippen LogP contribution in [0.4, 0.5) is 16.0 Å². The molecule has 1 fully saturated rings. The van der Waals surface area contributed by atoms with Crippen LogP contribution < -0.4 is 15.0 Å². The molecular weight excluding hydrogens is 297 g/mol. The number of ether oxygens (including phenoxy) is 1. The van der Waals surface area contributed by atoms with E-state index in [4.69, 9.17) is 10.00 Å². The van der Waals surface area contributed by atoms with Crippen LogP contribution in [-0.4, -0.2) is 36.2 Å². The van der Waals surface area contributed by atoms with Gasteiger partial charge in [-0.25, -0.2) is 9.37 Å². The highest BCUT2D eigenvalue weighted by Gasteiger charge is 2.25. The summed E-state index contributed by atoms with van der Waals surface area (Å²) in [6.45, 7) is 1.39. The Hall–Kier alpha value is -2.88. The molecule has 0 amide bonds. The van der Waals surface area contributed by atoms with Crippen molar-refractivity contribution in [2.45, 2.75) is 12.5 Å². The van der Waals surface area contributed by atoms with Crippen molar-refractivity contribution in [1.82, 2.24) is 9.97 Å². The number of anilines is 2. The second-order valence-corrected chi connectivity index (χ2v) is 5.24. The van der Waals surface area contributed by atoms with Crippen LogP contribution in [0.25, 0.3) is 0 Å². The fourth-order valence-electron chi connectivity index (χ4n) is 2.69. The number of benzene rings is 1. The molecule has 118 valence electrons. The van der Waals surface area contributed by atoms with Crippen molar-refractivity contribution in [3.05, 3.63) is 41.8 Å². The monoisotopic (exact) mass is 313 g/mol. The lowest BCUT2D eigenvalue weighted by Gasteiger charge is -2.20. The molecule has 0 saturated carbocycles. The molecule has 0 spiro atoms. The predicted octanol–water partition coefficient (Wildman–Crippen LogP) is 2.19. The average Bonchev–Trinajstić information content (AvgIpc) is 3.03. The number of hydrogen-bond donors (Lipinski definition) is 1. The van der Waals surface area contributed by atoms with Crippen molar-refractivity contribution in [1.29, 1.82) is 5.26 Å². The summed E-state index contributed by atoms with van der Waals surface area (Å²) in [5, 5.41) is 12.4. The number of hydrogen-bond acceptors (Lipinski definition) is 6. The van der Waals surface area contributed by atoms with Gasteiger partial charge in [0.05, 0.1) is 12.8 Å². The van der Waals surface area contributed by atoms with E-state index in [1.54, 1.807) is 31.5 Å². The van der Waals surface area contributed by atoms with Crippen LogP contribution in [0.3, 0.4) is 0 Å². The summed E-state index contributed by atoms with van der Waals surface area (Å²) in [6.07, 6.45) is 2.48. The minimum absolute atomic E-state index is 0.0887. The summed E-state index contributed by atoms with van der Waals surface area (Å²) < 4.78 is 18.8. The van der Waals surface area contributed by atoms with E-state index >= 15 is 0 Å². The number of halogens is 1. The van der Waals surface area contributed by atoms with Crippen LogP contribution in [-0.2, 0) is 0 Å². The topological polar surface area (TPSA) is 74.1 Å². The molecule has 1 aromatic heterocycles. The molecule has 6 nitrogen and oxygen atoms in total. The van der Waals surface area contributed by atoms with E-state index in [0.29, 0.717) is 24.1 Å². The quantitative estimate of drug-likeness (QED) is 0.932. The van der Waals surface area contributed by atoms with Gasteiger partial charge in [0.2, 0.25) is 11.8 Å². The molecule has 0 radical (unpaired) electrons. The van der Waals surface area contributed by atoms with Crippen molar-refractivity contribution in [3.8, 4) is 11.9 Å². The molecule has 1 aromatic carbocycles. The molecule has 3 rings (SSSR count). The van der Waals surface area contributed by atoms with Gasteiger partial charge in [0.15, 0.2) is 0 Å². The fraction of sp³-hybridized carbons (Fsp3) is 0.312. The summed E-state index contributed by atoms with van der Waals surface area (Å²) in [4.78, 5) is 10.4. The third kappa shape index (κ3) is 3.16. The first-order chi connectivity index (χ1) is 11.2. The molecule has 0 aliphatic carbocycles. The van der Waals surface area contributed by atoms with Gasteiger partial charge in [0.1, 0.15) is 17.4 Å². The van der Waals surface area contributed by atoms with Crippen LogP contribution >= 0.6 is 0 Å². The number of nitriles is 1. The molecule has 2 heterocycles. The van der Waals surface area contributed by atoms with Crippen LogP contribution in [0.1, 0.15) is 12.0 Å². The van der Waals surface area contributed by atoms with Crippen LogP contribution in [0.2, 0.25) is 0 Å². The number of nitrogens with zero attached hydrogens (tertiary/aromatic N) is 4. The smallest absolute Gasteiger partial charge is 0.226 e. The lowest BCUT2D eigenvalue weighted by atomic mass is 10.1. The maximum Gasteiger partial charge on any atom is 0.226 e. The summed E-state index contributed by atoms with van der Waals surface area (Å²) in [5.41, 5.74) is 0.717. The van der Waals surface area contributed by atoms with Gasteiger partial charge in [-0.05, 0) is 18.6 Å². The van der Waals surface area contributed by atoms with Gasteiger partial charge in [0, 0.05) is 31.4 Å². The zero-order valence-corrected chi connectivity index (χ0v) is 12.7.